The first-order valence-electron chi connectivity index (χ1n) is 9.04. The largest absolute Gasteiger partial charge is 0.507 e. The topological polar surface area (TPSA) is 101 Å². The number of carbonyl (C=O) groups is 3. The number of esters is 1. The van der Waals surface area contributed by atoms with Crippen LogP contribution in [-0.4, -0.2) is 33.9 Å². The van der Waals surface area contributed by atoms with Crippen molar-refractivity contribution < 1.29 is 29.3 Å². The Balaban J connectivity index is 2.01. The smallest absolute Gasteiger partial charge is 0.338 e. The summed E-state index contributed by atoms with van der Waals surface area (Å²) in [6.45, 7) is 3.72. The molecule has 2 N–H and O–H groups in total. The quantitative estimate of drug-likeness (QED) is 0.453. The van der Waals surface area contributed by atoms with Crippen LogP contribution in [0.25, 0.3) is 0 Å². The molecule has 0 heterocycles. The Hall–Kier alpha value is -3.67. The van der Waals surface area contributed by atoms with E-state index in [1.165, 1.54) is 0 Å². The minimum atomic E-state index is -1.02. The number of ether oxygens (including phenoxy) is 1. The average molecular weight is 392 g/mol. The van der Waals surface area contributed by atoms with Crippen LogP contribution in [0.2, 0.25) is 0 Å². The van der Waals surface area contributed by atoms with Gasteiger partial charge in [-0.2, -0.15) is 0 Å². The van der Waals surface area contributed by atoms with Crippen molar-refractivity contribution >= 4 is 17.5 Å². The van der Waals surface area contributed by atoms with Gasteiger partial charge in [0, 0.05) is 12.0 Å². The lowest BCUT2D eigenvalue weighted by atomic mass is 9.85. The summed E-state index contributed by atoms with van der Waals surface area (Å²) in [4.78, 5) is 38.1. The Morgan fingerprint density at radius 3 is 2.24 bits per heavy atom. The highest BCUT2D eigenvalue weighted by atomic mass is 16.5. The zero-order chi connectivity index (χ0) is 21.1. The second kappa shape index (κ2) is 8.14. The van der Waals surface area contributed by atoms with Crippen LogP contribution in [0.4, 0.5) is 0 Å². The van der Waals surface area contributed by atoms with Gasteiger partial charge in [-0.25, -0.2) is 4.79 Å². The fraction of sp³-hybridized carbons (Fsp3) is 0.174. The number of rotatable bonds is 5. The molecule has 0 spiro atoms. The van der Waals surface area contributed by atoms with E-state index in [1.54, 1.807) is 36.4 Å². The molecule has 1 atom stereocenters. The molecule has 148 valence electrons. The first-order valence-corrected chi connectivity index (χ1v) is 9.04. The number of allylic oxidation sites excluding steroid dienone is 2. The molecule has 29 heavy (non-hydrogen) atoms. The van der Waals surface area contributed by atoms with Crippen LogP contribution in [0.3, 0.4) is 0 Å². The Kier molecular flexibility index (Phi) is 5.64. The van der Waals surface area contributed by atoms with Crippen LogP contribution in [0.5, 0.6) is 11.5 Å². The third-order valence-corrected chi connectivity index (χ3v) is 4.53. The molecule has 0 saturated heterocycles. The Labute approximate surface area is 167 Å². The fourth-order valence-electron chi connectivity index (χ4n) is 3.08. The summed E-state index contributed by atoms with van der Waals surface area (Å²) in [5.74, 6) is -2.75. The maximum absolute atomic E-state index is 13.0. The summed E-state index contributed by atoms with van der Waals surface area (Å²) >= 11 is 0. The van der Waals surface area contributed by atoms with Crippen molar-refractivity contribution in [3.05, 3.63) is 82.5 Å². The summed E-state index contributed by atoms with van der Waals surface area (Å²) in [5.41, 5.74) is 0.664. The minimum absolute atomic E-state index is 0.0508. The van der Waals surface area contributed by atoms with Gasteiger partial charge in [-0.15, -0.1) is 0 Å². The first kappa shape index (κ1) is 20.1. The normalized spacial score (nSPS) is 13.9. The van der Waals surface area contributed by atoms with Crippen molar-refractivity contribution in [3.63, 3.8) is 0 Å². The van der Waals surface area contributed by atoms with Crippen LogP contribution in [0.1, 0.15) is 51.3 Å². The number of fused-ring (bicyclic) bond motifs is 1. The highest BCUT2D eigenvalue weighted by Gasteiger charge is 2.35. The van der Waals surface area contributed by atoms with Gasteiger partial charge >= 0.3 is 5.97 Å². The van der Waals surface area contributed by atoms with Crippen molar-refractivity contribution in [2.45, 2.75) is 26.4 Å². The number of hydrogen-bond donors (Lipinski definition) is 2. The molecule has 1 aliphatic rings. The maximum Gasteiger partial charge on any atom is 0.338 e. The molecule has 0 bridgehead atoms. The zero-order valence-corrected chi connectivity index (χ0v) is 16.0. The second-order valence-corrected chi connectivity index (χ2v) is 6.92. The highest BCUT2D eigenvalue weighted by Crippen LogP contribution is 2.36. The van der Waals surface area contributed by atoms with E-state index in [0.717, 1.165) is 23.8 Å². The Bertz CT molecular complexity index is 1040. The summed E-state index contributed by atoms with van der Waals surface area (Å²) < 4.78 is 5.56. The second-order valence-electron chi connectivity index (χ2n) is 6.92. The average Bonchev–Trinajstić information content (AvgIpc) is 2.70. The predicted molar refractivity (Wildman–Crippen MR) is 106 cm³/mol. The van der Waals surface area contributed by atoms with E-state index in [4.69, 9.17) is 4.74 Å². The van der Waals surface area contributed by atoms with E-state index >= 15 is 0 Å². The van der Waals surface area contributed by atoms with Crippen molar-refractivity contribution in [2.24, 2.45) is 0 Å². The molecule has 0 aliphatic heterocycles. The maximum atomic E-state index is 13.0. The van der Waals surface area contributed by atoms with Gasteiger partial charge in [0.15, 0.2) is 11.6 Å². The molecule has 6 heteroatoms. The lowest BCUT2D eigenvalue weighted by molar-refractivity contribution is 0.0372. The molecule has 0 amide bonds. The first-order chi connectivity index (χ1) is 13.8. The molecule has 0 unspecified atom stereocenters. The third kappa shape index (κ3) is 4.11. The van der Waals surface area contributed by atoms with E-state index in [2.05, 4.69) is 0 Å². The molecule has 2 aromatic rings. The molecule has 6 nitrogen and oxygen atoms in total. The number of carbonyl (C=O) groups excluding carboxylic acids is 3. The highest BCUT2D eigenvalue weighted by molar-refractivity contribution is 6.27. The number of benzene rings is 2. The van der Waals surface area contributed by atoms with Gasteiger partial charge in [0.05, 0.1) is 16.7 Å². The summed E-state index contributed by atoms with van der Waals surface area (Å²) in [6.07, 6.45) is 2.01. The van der Waals surface area contributed by atoms with Crippen LogP contribution < -0.4 is 0 Å². The third-order valence-electron chi connectivity index (χ3n) is 4.53. The molecular weight excluding hydrogens is 372 g/mol. The Morgan fingerprint density at radius 2 is 1.62 bits per heavy atom. The van der Waals surface area contributed by atoms with Gasteiger partial charge in [-0.3, -0.25) is 9.59 Å². The van der Waals surface area contributed by atoms with Crippen LogP contribution >= 0.6 is 0 Å². The van der Waals surface area contributed by atoms with E-state index in [0.29, 0.717) is 5.56 Å². The number of Topliss-reactive ketones (excluding diaryl/α,β-unsaturated/α-hetero) is 1. The molecular formula is C23H20O6. The summed E-state index contributed by atoms with van der Waals surface area (Å²) in [5, 5.41) is 20.1. The number of aromatic hydroxyl groups is 2. The van der Waals surface area contributed by atoms with E-state index in [9.17, 15) is 24.6 Å². The molecule has 3 rings (SSSR count). The van der Waals surface area contributed by atoms with Crippen molar-refractivity contribution in [3.8, 4) is 11.5 Å². The van der Waals surface area contributed by atoms with Gasteiger partial charge in [-0.1, -0.05) is 29.8 Å². The predicted octanol–water partition coefficient (Wildman–Crippen LogP) is 3.99. The van der Waals surface area contributed by atoms with E-state index in [1.807, 2.05) is 13.8 Å². The zero-order valence-electron chi connectivity index (χ0n) is 16.0. The van der Waals surface area contributed by atoms with Gasteiger partial charge in [0.1, 0.15) is 17.6 Å². The lowest BCUT2D eigenvalue weighted by Crippen LogP contribution is -2.29. The van der Waals surface area contributed by atoms with Gasteiger partial charge in [0.25, 0.3) is 0 Å². The molecule has 1 aliphatic carbocycles. The Morgan fingerprint density at radius 1 is 1.00 bits per heavy atom. The number of phenols is 2. The fourth-order valence-corrected chi connectivity index (χ4v) is 3.08. The molecule has 0 saturated carbocycles. The number of ketones is 2. The van der Waals surface area contributed by atoms with Crippen LogP contribution in [0.15, 0.2) is 65.8 Å². The summed E-state index contributed by atoms with van der Waals surface area (Å²) in [6, 6.07) is 10.6. The molecule has 0 aromatic heterocycles. The van der Waals surface area contributed by atoms with Gasteiger partial charge < -0.3 is 14.9 Å². The monoisotopic (exact) mass is 392 g/mol. The van der Waals surface area contributed by atoms with E-state index < -0.39 is 35.1 Å². The molecule has 2 aromatic carbocycles. The summed E-state index contributed by atoms with van der Waals surface area (Å²) in [7, 11) is 0. The number of phenolic OH excluding ortho intramolecular Hbond substituents is 2. The van der Waals surface area contributed by atoms with Crippen LogP contribution in [0, 0.1) is 0 Å². The molecule has 0 radical (unpaired) electrons. The van der Waals surface area contributed by atoms with Crippen molar-refractivity contribution in [1.82, 2.24) is 0 Å². The number of hydrogen-bond acceptors (Lipinski definition) is 6. The van der Waals surface area contributed by atoms with Crippen molar-refractivity contribution in [2.75, 3.05) is 0 Å². The van der Waals surface area contributed by atoms with E-state index in [-0.39, 0.29) is 23.1 Å². The SMILES string of the molecule is CC(C)=CC[C@H](OC(=O)c1ccccc1)C1=CC(=O)c2c(O)ccc(O)c2C1=O. The standard InChI is InChI=1S/C23H20O6/c1-13(2)8-11-19(29-23(28)14-6-4-3-5-7-14)15-12-18(26)20-16(24)9-10-17(25)21(20)22(15)27/h3-10,12,19,24-25H,11H2,1-2H3/t19-/m0/s1. The molecule has 0 fully saturated rings. The van der Waals surface area contributed by atoms with Gasteiger partial charge in [-0.05, 0) is 44.2 Å². The van der Waals surface area contributed by atoms with Crippen molar-refractivity contribution in [1.29, 1.82) is 0 Å². The van der Waals surface area contributed by atoms with Gasteiger partial charge in [0.2, 0.25) is 0 Å². The lowest BCUT2D eigenvalue weighted by Gasteiger charge is -2.23. The minimum Gasteiger partial charge on any atom is -0.507 e. The van der Waals surface area contributed by atoms with Crippen LogP contribution in [-0.2, 0) is 4.74 Å².